The molecule has 1 saturated heterocycles. The zero-order valence-electron chi connectivity index (χ0n) is 17.2. The number of amides is 2. The summed E-state index contributed by atoms with van der Waals surface area (Å²) in [6.45, 7) is 3.51. The molecular weight excluding hydrogens is 429 g/mol. The molecule has 4 heterocycles. The predicted octanol–water partition coefficient (Wildman–Crippen LogP) is 4.87. The smallest absolute Gasteiger partial charge is 0.382 e. The first kappa shape index (κ1) is 21.7. The molecule has 2 aliphatic rings. The van der Waals surface area contributed by atoms with Crippen LogP contribution in [0.5, 0.6) is 0 Å². The lowest BCUT2D eigenvalue weighted by atomic mass is 9.97. The molecule has 0 radical (unpaired) electrons. The van der Waals surface area contributed by atoms with Gasteiger partial charge in [-0.2, -0.15) is 13.2 Å². The number of aromatic nitrogens is 2. The number of pyridine rings is 1. The normalized spacial score (nSPS) is 19.8. The third-order valence-corrected chi connectivity index (χ3v) is 6.36. The number of nitrogens with zero attached hydrogens (tertiary/aromatic N) is 4. The Kier molecular flexibility index (Phi) is 6.22. The molecular formula is C20H25F3N6OS. The van der Waals surface area contributed by atoms with E-state index < -0.39 is 12.1 Å². The van der Waals surface area contributed by atoms with Crippen LogP contribution < -0.4 is 20.4 Å². The van der Waals surface area contributed by atoms with Gasteiger partial charge in [-0.15, -0.1) is 11.3 Å². The molecule has 0 spiro atoms. The van der Waals surface area contributed by atoms with Gasteiger partial charge in [-0.1, -0.05) is 0 Å². The van der Waals surface area contributed by atoms with Crippen molar-refractivity contribution < 1.29 is 18.0 Å². The second-order valence-electron chi connectivity index (χ2n) is 7.86. The number of nitrogens with one attached hydrogen (secondary N) is 2. The van der Waals surface area contributed by atoms with Gasteiger partial charge < -0.3 is 10.2 Å². The lowest BCUT2D eigenvalue weighted by molar-refractivity contribution is -0.176. The van der Waals surface area contributed by atoms with Crippen molar-refractivity contribution in [3.8, 4) is 0 Å². The fourth-order valence-corrected chi connectivity index (χ4v) is 4.56. The lowest BCUT2D eigenvalue weighted by Gasteiger charge is -2.35. The van der Waals surface area contributed by atoms with Crippen LogP contribution in [-0.4, -0.2) is 48.4 Å². The van der Waals surface area contributed by atoms with E-state index >= 15 is 0 Å². The summed E-state index contributed by atoms with van der Waals surface area (Å²) in [6.07, 6.45) is -0.277. The van der Waals surface area contributed by atoms with E-state index in [0.29, 0.717) is 42.0 Å². The number of thiazole rings is 1. The summed E-state index contributed by atoms with van der Waals surface area (Å²) in [5.74, 6) is -0.481. The van der Waals surface area contributed by atoms with Gasteiger partial charge in [0.1, 0.15) is 5.82 Å². The van der Waals surface area contributed by atoms with E-state index in [1.54, 1.807) is 28.1 Å². The molecule has 2 aromatic heterocycles. The highest BCUT2D eigenvalue weighted by molar-refractivity contribution is 7.15. The Morgan fingerprint density at radius 1 is 1.26 bits per heavy atom. The van der Waals surface area contributed by atoms with Crippen LogP contribution in [0.3, 0.4) is 0 Å². The number of anilines is 4. The van der Waals surface area contributed by atoms with E-state index in [9.17, 15) is 18.0 Å². The van der Waals surface area contributed by atoms with Gasteiger partial charge in [0.25, 0.3) is 0 Å². The maximum absolute atomic E-state index is 13.3. The Morgan fingerprint density at radius 2 is 2.10 bits per heavy atom. The van der Waals surface area contributed by atoms with E-state index in [1.807, 2.05) is 6.92 Å². The van der Waals surface area contributed by atoms with Crippen molar-refractivity contribution in [3.05, 3.63) is 23.2 Å². The van der Waals surface area contributed by atoms with Crippen molar-refractivity contribution in [2.45, 2.75) is 38.8 Å². The van der Waals surface area contributed by atoms with Crippen LogP contribution in [-0.2, 0) is 0 Å². The number of hydrogen-bond donors (Lipinski definition) is 2. The minimum absolute atomic E-state index is 0.118. The Labute approximate surface area is 182 Å². The Hall–Kier alpha value is -2.56. The van der Waals surface area contributed by atoms with E-state index in [2.05, 4.69) is 20.6 Å². The first-order valence-corrected chi connectivity index (χ1v) is 11.2. The molecule has 0 saturated carbocycles. The highest BCUT2D eigenvalue weighted by Gasteiger charge is 2.42. The Balaban J connectivity index is 1.61. The van der Waals surface area contributed by atoms with E-state index in [-0.39, 0.29) is 19.0 Å². The third kappa shape index (κ3) is 5.03. The topological polar surface area (TPSA) is 73.4 Å². The van der Waals surface area contributed by atoms with Gasteiger partial charge in [-0.25, -0.2) is 14.8 Å². The number of rotatable bonds is 2. The quantitative estimate of drug-likeness (QED) is 0.677. The number of alkyl halides is 3. The monoisotopic (exact) mass is 454 g/mol. The molecule has 1 atom stereocenters. The van der Waals surface area contributed by atoms with E-state index in [4.69, 9.17) is 0 Å². The van der Waals surface area contributed by atoms with Gasteiger partial charge in [0.05, 0.1) is 11.6 Å². The number of carbonyl (C=O) groups is 1. The number of hydrogen-bond acceptors (Lipinski definition) is 6. The zero-order chi connectivity index (χ0) is 22.0. The Morgan fingerprint density at radius 3 is 2.84 bits per heavy atom. The summed E-state index contributed by atoms with van der Waals surface area (Å²) in [6, 6.07) is 3.18. The number of carbonyl (C=O) groups excluding carboxylic acids is 1. The van der Waals surface area contributed by atoms with Crippen LogP contribution in [0.25, 0.3) is 0 Å². The van der Waals surface area contributed by atoms with E-state index in [1.165, 1.54) is 11.3 Å². The maximum atomic E-state index is 13.3. The Bertz CT molecular complexity index is 934. The summed E-state index contributed by atoms with van der Waals surface area (Å²) >= 11 is 1.38. The summed E-state index contributed by atoms with van der Waals surface area (Å²) in [5, 5.41) is 6.60. The van der Waals surface area contributed by atoms with Gasteiger partial charge >= 0.3 is 12.2 Å². The molecule has 2 aliphatic heterocycles. The van der Waals surface area contributed by atoms with Crippen LogP contribution in [0.15, 0.2) is 18.3 Å². The number of fused-ring (bicyclic) bond motifs is 1. The average molecular weight is 455 g/mol. The highest BCUT2D eigenvalue weighted by Crippen LogP contribution is 2.36. The van der Waals surface area contributed by atoms with Crippen LogP contribution in [0.4, 0.5) is 40.4 Å². The molecule has 0 bridgehead atoms. The molecule has 7 nitrogen and oxygen atoms in total. The molecule has 0 aliphatic carbocycles. The highest BCUT2D eigenvalue weighted by atomic mass is 32.1. The van der Waals surface area contributed by atoms with Crippen molar-refractivity contribution >= 4 is 39.8 Å². The number of piperidine rings is 1. The summed E-state index contributed by atoms with van der Waals surface area (Å²) < 4.78 is 39.8. The molecule has 1 fully saturated rings. The summed E-state index contributed by atoms with van der Waals surface area (Å²) in [5.41, 5.74) is 0.693. The lowest BCUT2D eigenvalue weighted by Crippen LogP contribution is -2.42. The van der Waals surface area contributed by atoms with Gasteiger partial charge in [-0.3, -0.25) is 10.2 Å². The van der Waals surface area contributed by atoms with Crippen molar-refractivity contribution in [1.29, 1.82) is 0 Å². The number of aryl methyl sites for hydroxylation is 1. The van der Waals surface area contributed by atoms with E-state index in [0.717, 1.165) is 24.3 Å². The van der Waals surface area contributed by atoms with Crippen LogP contribution >= 0.6 is 11.3 Å². The first-order chi connectivity index (χ1) is 14.8. The second-order valence-corrected chi connectivity index (χ2v) is 9.09. The average Bonchev–Trinajstić information content (AvgIpc) is 3.12. The maximum Gasteiger partial charge on any atom is 0.393 e. The van der Waals surface area contributed by atoms with Gasteiger partial charge in [0.15, 0.2) is 10.9 Å². The third-order valence-electron chi connectivity index (χ3n) is 5.53. The zero-order valence-corrected chi connectivity index (χ0v) is 18.0. The fourth-order valence-electron chi connectivity index (χ4n) is 3.90. The molecule has 168 valence electrons. The predicted molar refractivity (Wildman–Crippen MR) is 116 cm³/mol. The molecule has 2 amide bonds. The standard InChI is InChI=1S/C20H25F3N6OS/c1-13-11-25-18(31-13)27-19(30)29-10-3-2-8-24-15-6-7-16(26-17(15)29)28-9-4-5-14(12-28)20(21,22)23/h6-7,11,14,24H,2-5,8-10,12H2,1H3,(H,25,27,30). The minimum atomic E-state index is -4.22. The largest absolute Gasteiger partial charge is 0.393 e. The molecule has 2 aromatic rings. The van der Waals surface area contributed by atoms with Gasteiger partial charge in [0.2, 0.25) is 0 Å². The second kappa shape index (κ2) is 8.89. The molecule has 31 heavy (non-hydrogen) atoms. The summed E-state index contributed by atoms with van der Waals surface area (Å²) in [7, 11) is 0. The molecule has 11 heteroatoms. The molecule has 1 unspecified atom stereocenters. The SMILES string of the molecule is Cc1cnc(NC(=O)N2CCCCNc3ccc(N4CCCC(C(F)(F)F)C4)nc32)s1. The molecule has 0 aromatic carbocycles. The fraction of sp³-hybridized carbons (Fsp3) is 0.550. The molecule has 2 N–H and O–H groups in total. The van der Waals surface area contributed by atoms with Crippen molar-refractivity contribution in [1.82, 2.24) is 9.97 Å². The van der Waals surface area contributed by atoms with Gasteiger partial charge in [0, 0.05) is 37.3 Å². The van der Waals surface area contributed by atoms with Crippen molar-refractivity contribution in [2.24, 2.45) is 5.92 Å². The first-order valence-electron chi connectivity index (χ1n) is 10.4. The van der Waals surface area contributed by atoms with Crippen LogP contribution in [0.2, 0.25) is 0 Å². The van der Waals surface area contributed by atoms with Gasteiger partial charge in [-0.05, 0) is 44.7 Å². The van der Waals surface area contributed by atoms with Crippen molar-refractivity contribution in [3.63, 3.8) is 0 Å². The minimum Gasteiger partial charge on any atom is -0.382 e. The van der Waals surface area contributed by atoms with Crippen LogP contribution in [0.1, 0.15) is 30.6 Å². The number of urea groups is 1. The summed E-state index contributed by atoms with van der Waals surface area (Å²) in [4.78, 5) is 26.1. The molecule has 4 rings (SSSR count). The number of halogens is 3. The van der Waals surface area contributed by atoms with Crippen LogP contribution in [0, 0.1) is 12.8 Å². The van der Waals surface area contributed by atoms with Crippen molar-refractivity contribution in [2.75, 3.05) is 46.6 Å².